The van der Waals surface area contributed by atoms with Crippen molar-refractivity contribution in [3.63, 3.8) is 0 Å². The van der Waals surface area contributed by atoms with Crippen molar-refractivity contribution < 1.29 is 13.9 Å². The van der Waals surface area contributed by atoms with Crippen molar-refractivity contribution >= 4 is 5.69 Å². The normalized spacial score (nSPS) is 17.1. The van der Waals surface area contributed by atoms with Gasteiger partial charge in [-0.2, -0.15) is 0 Å². The molecule has 0 N–H and O–H groups in total. The fourth-order valence-corrected chi connectivity index (χ4v) is 3.48. The maximum atomic E-state index is 13.0. The standard InChI is InChI=1S/C20H23FN2O2/c21-17-4-6-18(7-5-17)23-12-10-22(11-13-23)9-1-2-16-3-8-19-20(14-16)25-15-24-19/h3-8,14H,1-2,9-13,15H2. The number of anilines is 1. The topological polar surface area (TPSA) is 24.9 Å². The van der Waals surface area contributed by atoms with Gasteiger partial charge in [-0.15, -0.1) is 0 Å². The Hall–Kier alpha value is -2.27. The molecule has 0 saturated carbocycles. The summed E-state index contributed by atoms with van der Waals surface area (Å²) in [7, 11) is 0. The van der Waals surface area contributed by atoms with Crippen LogP contribution in [-0.2, 0) is 6.42 Å². The van der Waals surface area contributed by atoms with Gasteiger partial charge in [-0.1, -0.05) is 6.07 Å². The van der Waals surface area contributed by atoms with Crippen LogP contribution in [0.2, 0.25) is 0 Å². The smallest absolute Gasteiger partial charge is 0.231 e. The molecule has 2 aromatic rings. The maximum absolute atomic E-state index is 13.0. The van der Waals surface area contributed by atoms with Crippen LogP contribution in [0.4, 0.5) is 10.1 Å². The molecule has 0 aliphatic carbocycles. The lowest BCUT2D eigenvalue weighted by molar-refractivity contribution is 0.174. The number of hydrogen-bond acceptors (Lipinski definition) is 4. The van der Waals surface area contributed by atoms with Gasteiger partial charge in [-0.05, 0) is 61.3 Å². The molecule has 2 aliphatic heterocycles. The Balaban J connectivity index is 1.22. The molecule has 0 spiro atoms. The first-order chi connectivity index (χ1) is 12.3. The molecule has 0 unspecified atom stereocenters. The highest BCUT2D eigenvalue weighted by Crippen LogP contribution is 2.32. The molecule has 1 saturated heterocycles. The van der Waals surface area contributed by atoms with Crippen molar-refractivity contribution in [1.82, 2.24) is 4.90 Å². The lowest BCUT2D eigenvalue weighted by Gasteiger charge is -2.36. The van der Waals surface area contributed by atoms with E-state index in [-0.39, 0.29) is 5.82 Å². The number of aryl methyl sites for hydroxylation is 1. The van der Waals surface area contributed by atoms with Gasteiger partial charge in [0.1, 0.15) is 5.82 Å². The van der Waals surface area contributed by atoms with E-state index in [1.54, 1.807) is 0 Å². The van der Waals surface area contributed by atoms with Crippen molar-refractivity contribution in [2.75, 3.05) is 44.4 Å². The summed E-state index contributed by atoms with van der Waals surface area (Å²) in [6.45, 7) is 5.53. The molecule has 2 aliphatic rings. The van der Waals surface area contributed by atoms with Gasteiger partial charge in [-0.25, -0.2) is 4.39 Å². The summed E-state index contributed by atoms with van der Waals surface area (Å²) in [6.07, 6.45) is 2.19. The molecule has 0 aromatic heterocycles. The summed E-state index contributed by atoms with van der Waals surface area (Å²) < 4.78 is 23.8. The molecule has 0 amide bonds. The monoisotopic (exact) mass is 342 g/mol. The third-order valence-electron chi connectivity index (χ3n) is 4.94. The molecular weight excluding hydrogens is 319 g/mol. The van der Waals surface area contributed by atoms with Gasteiger partial charge in [0.15, 0.2) is 11.5 Å². The van der Waals surface area contributed by atoms with Crippen LogP contribution >= 0.6 is 0 Å². The number of fused-ring (bicyclic) bond motifs is 1. The van der Waals surface area contributed by atoms with Crippen molar-refractivity contribution in [3.05, 3.63) is 53.8 Å². The largest absolute Gasteiger partial charge is 0.454 e. The minimum Gasteiger partial charge on any atom is -0.454 e. The molecule has 4 rings (SSSR count). The van der Waals surface area contributed by atoms with Crippen LogP contribution in [-0.4, -0.2) is 44.4 Å². The summed E-state index contributed by atoms with van der Waals surface area (Å²) in [5.74, 6) is 1.54. The first-order valence-corrected chi connectivity index (χ1v) is 8.89. The van der Waals surface area contributed by atoms with Crippen LogP contribution in [0.3, 0.4) is 0 Å². The first kappa shape index (κ1) is 16.2. The van der Waals surface area contributed by atoms with Gasteiger partial charge in [-0.3, -0.25) is 4.90 Å². The van der Waals surface area contributed by atoms with E-state index in [9.17, 15) is 4.39 Å². The van der Waals surface area contributed by atoms with Gasteiger partial charge in [0, 0.05) is 31.9 Å². The number of ether oxygens (including phenoxy) is 2. The van der Waals surface area contributed by atoms with E-state index in [1.807, 2.05) is 18.2 Å². The van der Waals surface area contributed by atoms with E-state index < -0.39 is 0 Å². The Bertz CT molecular complexity index is 712. The average molecular weight is 342 g/mol. The van der Waals surface area contributed by atoms with E-state index in [2.05, 4.69) is 21.9 Å². The van der Waals surface area contributed by atoms with Crippen LogP contribution in [0.25, 0.3) is 0 Å². The van der Waals surface area contributed by atoms with E-state index in [4.69, 9.17) is 9.47 Å². The lowest BCUT2D eigenvalue weighted by atomic mass is 10.1. The molecule has 0 radical (unpaired) electrons. The molecule has 2 aromatic carbocycles. The van der Waals surface area contributed by atoms with Gasteiger partial charge < -0.3 is 14.4 Å². The highest BCUT2D eigenvalue weighted by atomic mass is 19.1. The number of rotatable bonds is 5. The fourth-order valence-electron chi connectivity index (χ4n) is 3.48. The van der Waals surface area contributed by atoms with Crippen molar-refractivity contribution in [1.29, 1.82) is 0 Å². The molecule has 4 nitrogen and oxygen atoms in total. The Labute approximate surface area is 147 Å². The summed E-state index contributed by atoms with van der Waals surface area (Å²) >= 11 is 0. The molecule has 0 atom stereocenters. The molecule has 132 valence electrons. The Morgan fingerprint density at radius 1 is 0.880 bits per heavy atom. The highest BCUT2D eigenvalue weighted by molar-refractivity contribution is 5.46. The summed E-state index contributed by atoms with van der Waals surface area (Å²) in [4.78, 5) is 4.83. The quantitative estimate of drug-likeness (QED) is 0.832. The van der Waals surface area contributed by atoms with E-state index in [0.29, 0.717) is 6.79 Å². The predicted molar refractivity (Wildman–Crippen MR) is 95.9 cm³/mol. The number of piperazine rings is 1. The SMILES string of the molecule is Fc1ccc(N2CCN(CCCc3ccc4c(c3)OCO4)CC2)cc1. The Morgan fingerprint density at radius 2 is 1.64 bits per heavy atom. The summed E-state index contributed by atoms with van der Waals surface area (Å²) in [6, 6.07) is 13.0. The number of benzene rings is 2. The van der Waals surface area contributed by atoms with Gasteiger partial charge in [0.05, 0.1) is 0 Å². The van der Waals surface area contributed by atoms with Crippen LogP contribution in [0.15, 0.2) is 42.5 Å². The molecular formula is C20H23FN2O2. The van der Waals surface area contributed by atoms with Crippen LogP contribution in [0, 0.1) is 5.82 Å². The highest BCUT2D eigenvalue weighted by Gasteiger charge is 2.17. The zero-order chi connectivity index (χ0) is 17.1. The number of hydrogen-bond donors (Lipinski definition) is 0. The second-order valence-corrected chi connectivity index (χ2v) is 6.60. The van der Waals surface area contributed by atoms with Crippen LogP contribution in [0.1, 0.15) is 12.0 Å². The minimum absolute atomic E-state index is 0.175. The minimum atomic E-state index is -0.175. The average Bonchev–Trinajstić information content (AvgIpc) is 3.11. The summed E-state index contributed by atoms with van der Waals surface area (Å²) in [5, 5.41) is 0. The van der Waals surface area contributed by atoms with Gasteiger partial charge >= 0.3 is 0 Å². The van der Waals surface area contributed by atoms with Crippen molar-refractivity contribution in [2.24, 2.45) is 0 Å². The zero-order valence-corrected chi connectivity index (χ0v) is 14.3. The molecule has 0 bridgehead atoms. The number of nitrogens with zero attached hydrogens (tertiary/aromatic N) is 2. The van der Waals surface area contributed by atoms with Crippen molar-refractivity contribution in [2.45, 2.75) is 12.8 Å². The van der Waals surface area contributed by atoms with Crippen LogP contribution < -0.4 is 14.4 Å². The van der Waals surface area contributed by atoms with Crippen molar-refractivity contribution in [3.8, 4) is 11.5 Å². The molecule has 2 heterocycles. The zero-order valence-electron chi connectivity index (χ0n) is 14.3. The van der Waals surface area contributed by atoms with E-state index in [0.717, 1.165) is 62.8 Å². The predicted octanol–water partition coefficient (Wildman–Crippen LogP) is 3.31. The van der Waals surface area contributed by atoms with E-state index in [1.165, 1.54) is 17.7 Å². The first-order valence-electron chi connectivity index (χ1n) is 8.89. The third kappa shape index (κ3) is 3.87. The summed E-state index contributed by atoms with van der Waals surface area (Å²) in [5.41, 5.74) is 2.41. The Morgan fingerprint density at radius 3 is 2.44 bits per heavy atom. The Kier molecular flexibility index (Phi) is 4.74. The van der Waals surface area contributed by atoms with E-state index >= 15 is 0 Å². The van der Waals surface area contributed by atoms with Crippen LogP contribution in [0.5, 0.6) is 11.5 Å². The van der Waals surface area contributed by atoms with Gasteiger partial charge in [0.2, 0.25) is 6.79 Å². The molecule has 25 heavy (non-hydrogen) atoms. The lowest BCUT2D eigenvalue weighted by Crippen LogP contribution is -2.46. The number of halogens is 1. The fraction of sp³-hybridized carbons (Fsp3) is 0.400. The maximum Gasteiger partial charge on any atom is 0.231 e. The molecule has 1 fully saturated rings. The second kappa shape index (κ2) is 7.31. The molecule has 5 heteroatoms. The van der Waals surface area contributed by atoms with Gasteiger partial charge in [0.25, 0.3) is 0 Å². The third-order valence-corrected chi connectivity index (χ3v) is 4.94. The second-order valence-electron chi connectivity index (χ2n) is 6.60.